The number of fused-ring (bicyclic) bond motifs is 1. The highest BCUT2D eigenvalue weighted by atomic mass is 16.5. The van der Waals surface area contributed by atoms with Gasteiger partial charge in [0.05, 0.1) is 6.10 Å². The number of rotatable bonds is 7. The average molecular weight is 418 g/mol. The summed E-state index contributed by atoms with van der Waals surface area (Å²) in [6, 6.07) is 5.88. The Hall–Kier alpha value is -3.01. The molecule has 1 heterocycles. The van der Waals surface area contributed by atoms with Gasteiger partial charge in [0.25, 0.3) is 0 Å². The molecule has 0 bridgehead atoms. The van der Waals surface area contributed by atoms with Crippen molar-refractivity contribution in [2.24, 2.45) is 11.5 Å². The molecule has 1 unspecified atom stereocenters. The number of esters is 1. The Kier molecular flexibility index (Phi) is 6.66. The molecule has 0 saturated heterocycles. The fourth-order valence-electron chi connectivity index (χ4n) is 3.35. The highest BCUT2D eigenvalue weighted by Crippen LogP contribution is 2.43. The number of hydrogen-bond donors (Lipinski definition) is 6. The molecule has 162 valence electrons. The Bertz CT molecular complexity index is 918. The molecule has 0 aromatic heterocycles. The van der Waals surface area contributed by atoms with E-state index in [0.717, 1.165) is 6.42 Å². The Morgan fingerprint density at radius 1 is 1.17 bits per heavy atom. The number of phenols is 3. The molecular weight excluding hydrogens is 392 g/mol. The first-order chi connectivity index (χ1) is 14.3. The van der Waals surface area contributed by atoms with E-state index >= 15 is 0 Å². The summed E-state index contributed by atoms with van der Waals surface area (Å²) in [6.45, 7) is 0.511. The number of carbonyl (C=O) groups is 1. The zero-order valence-electron chi connectivity index (χ0n) is 16.3. The van der Waals surface area contributed by atoms with Gasteiger partial charge in [-0.15, -0.1) is 0 Å². The first kappa shape index (κ1) is 21.7. The predicted octanol–water partition coefficient (Wildman–Crippen LogP) is 1.20. The first-order valence-electron chi connectivity index (χ1n) is 9.70. The molecule has 8 N–H and O–H groups in total. The lowest BCUT2D eigenvalue weighted by atomic mass is 9.94. The number of aliphatic hydroxyl groups excluding tert-OH is 1. The van der Waals surface area contributed by atoms with Gasteiger partial charge in [-0.05, 0) is 37.1 Å². The third-order valence-corrected chi connectivity index (χ3v) is 4.98. The molecule has 2 aromatic carbocycles. The minimum Gasteiger partial charge on any atom is -0.508 e. The van der Waals surface area contributed by atoms with Crippen LogP contribution in [0.5, 0.6) is 28.7 Å². The minimum absolute atomic E-state index is 0.0651. The van der Waals surface area contributed by atoms with Crippen molar-refractivity contribution in [1.82, 2.24) is 0 Å². The van der Waals surface area contributed by atoms with Crippen LogP contribution in [-0.4, -0.2) is 45.1 Å². The van der Waals surface area contributed by atoms with E-state index in [1.165, 1.54) is 30.3 Å². The van der Waals surface area contributed by atoms with Crippen molar-refractivity contribution in [3.8, 4) is 28.7 Å². The summed E-state index contributed by atoms with van der Waals surface area (Å²) in [5.74, 6) is -1.17. The van der Waals surface area contributed by atoms with Crippen molar-refractivity contribution in [3.63, 3.8) is 0 Å². The molecule has 1 aliphatic rings. The molecule has 0 saturated carbocycles. The van der Waals surface area contributed by atoms with Crippen molar-refractivity contribution in [1.29, 1.82) is 0 Å². The molecule has 1 aliphatic heterocycles. The number of carbonyl (C=O) groups excluding carboxylic acids is 1. The van der Waals surface area contributed by atoms with Gasteiger partial charge in [0, 0.05) is 24.1 Å². The van der Waals surface area contributed by atoms with E-state index < -0.39 is 24.2 Å². The van der Waals surface area contributed by atoms with Crippen molar-refractivity contribution < 1.29 is 34.7 Å². The monoisotopic (exact) mass is 418 g/mol. The van der Waals surface area contributed by atoms with Gasteiger partial charge in [-0.2, -0.15) is 0 Å². The van der Waals surface area contributed by atoms with E-state index in [1.807, 2.05) is 0 Å². The summed E-state index contributed by atoms with van der Waals surface area (Å²) in [7, 11) is 0. The second-order valence-electron chi connectivity index (χ2n) is 7.29. The number of hydrogen-bond acceptors (Lipinski definition) is 9. The van der Waals surface area contributed by atoms with Crippen LogP contribution < -0.4 is 20.9 Å². The van der Waals surface area contributed by atoms with E-state index in [0.29, 0.717) is 30.5 Å². The van der Waals surface area contributed by atoms with Gasteiger partial charge in [0.2, 0.25) is 0 Å². The van der Waals surface area contributed by atoms with Crippen LogP contribution in [0.1, 0.15) is 36.5 Å². The molecule has 0 spiro atoms. The van der Waals surface area contributed by atoms with Crippen LogP contribution in [0.2, 0.25) is 0 Å². The van der Waals surface area contributed by atoms with Crippen LogP contribution in [0, 0.1) is 0 Å². The molecule has 3 atom stereocenters. The van der Waals surface area contributed by atoms with E-state index in [2.05, 4.69) is 0 Å². The van der Waals surface area contributed by atoms with Crippen LogP contribution in [0.25, 0.3) is 0 Å². The number of aliphatic hydroxyl groups is 1. The Balaban J connectivity index is 1.81. The van der Waals surface area contributed by atoms with Gasteiger partial charge in [-0.25, -0.2) is 4.79 Å². The highest BCUT2D eigenvalue weighted by molar-refractivity contribution is 5.78. The van der Waals surface area contributed by atoms with E-state index in [1.54, 1.807) is 0 Å². The van der Waals surface area contributed by atoms with Gasteiger partial charge in [-0.3, -0.25) is 0 Å². The number of benzene rings is 2. The standard InChI is InChI=1S/C21H26N2O7/c22-6-2-1-3-14(23)21(28)30-19-9-12(24)8-18-13(19)10-17(27)20(29-18)11-4-5-15(25)16(26)7-11/h4-5,7-9,14,17,20,24-27H,1-3,6,10,22-23H2/t14?,17-,20+/m0/s1. The molecule has 0 amide bonds. The predicted molar refractivity (Wildman–Crippen MR) is 107 cm³/mol. The van der Waals surface area contributed by atoms with E-state index in [-0.39, 0.29) is 35.2 Å². The van der Waals surface area contributed by atoms with Crippen LogP contribution >= 0.6 is 0 Å². The zero-order chi connectivity index (χ0) is 21.8. The highest BCUT2D eigenvalue weighted by Gasteiger charge is 2.33. The second-order valence-corrected chi connectivity index (χ2v) is 7.29. The third-order valence-electron chi connectivity index (χ3n) is 4.98. The van der Waals surface area contributed by atoms with Crippen molar-refractivity contribution in [2.45, 2.75) is 43.9 Å². The average Bonchev–Trinajstić information content (AvgIpc) is 2.70. The fraction of sp³-hybridized carbons (Fsp3) is 0.381. The maximum Gasteiger partial charge on any atom is 0.328 e. The maximum absolute atomic E-state index is 12.3. The lowest BCUT2D eigenvalue weighted by Gasteiger charge is -2.32. The van der Waals surface area contributed by atoms with Crippen LogP contribution in [0.3, 0.4) is 0 Å². The molecule has 0 aliphatic carbocycles. The lowest BCUT2D eigenvalue weighted by Crippen LogP contribution is -2.35. The van der Waals surface area contributed by atoms with Crippen LogP contribution in [0.15, 0.2) is 30.3 Å². The fourth-order valence-corrected chi connectivity index (χ4v) is 3.35. The van der Waals surface area contributed by atoms with Gasteiger partial charge in [0.15, 0.2) is 11.5 Å². The summed E-state index contributed by atoms with van der Waals surface area (Å²) in [6.07, 6.45) is 0.0507. The maximum atomic E-state index is 12.3. The molecule has 9 nitrogen and oxygen atoms in total. The first-order valence-corrected chi connectivity index (χ1v) is 9.70. The van der Waals surface area contributed by atoms with Crippen molar-refractivity contribution in [2.75, 3.05) is 6.54 Å². The smallest absolute Gasteiger partial charge is 0.328 e. The lowest BCUT2D eigenvalue weighted by molar-refractivity contribution is -0.136. The van der Waals surface area contributed by atoms with Crippen LogP contribution in [-0.2, 0) is 11.2 Å². The van der Waals surface area contributed by atoms with E-state index in [9.17, 15) is 25.2 Å². The third kappa shape index (κ3) is 4.76. The number of nitrogens with two attached hydrogens (primary N) is 2. The Labute approximate surface area is 173 Å². The van der Waals surface area contributed by atoms with Gasteiger partial charge in [0.1, 0.15) is 29.4 Å². The molecule has 3 rings (SSSR count). The summed E-state index contributed by atoms with van der Waals surface area (Å²) >= 11 is 0. The normalized spacial score (nSPS) is 18.9. The summed E-state index contributed by atoms with van der Waals surface area (Å²) in [5, 5.41) is 39.9. The summed E-state index contributed by atoms with van der Waals surface area (Å²) in [4.78, 5) is 12.3. The number of ether oxygens (including phenoxy) is 2. The van der Waals surface area contributed by atoms with Crippen molar-refractivity contribution >= 4 is 5.97 Å². The van der Waals surface area contributed by atoms with Crippen molar-refractivity contribution in [3.05, 3.63) is 41.5 Å². The molecule has 9 heteroatoms. The molecule has 0 radical (unpaired) electrons. The molecule has 0 fully saturated rings. The largest absolute Gasteiger partial charge is 0.508 e. The quantitative estimate of drug-likeness (QED) is 0.167. The number of aromatic hydroxyl groups is 3. The van der Waals surface area contributed by atoms with Gasteiger partial charge in [-0.1, -0.05) is 12.5 Å². The molecule has 2 aromatic rings. The summed E-state index contributed by atoms with van der Waals surface area (Å²) in [5.41, 5.74) is 12.2. The van der Waals surface area contributed by atoms with Crippen LogP contribution in [0.4, 0.5) is 0 Å². The Morgan fingerprint density at radius 3 is 2.63 bits per heavy atom. The Morgan fingerprint density at radius 2 is 1.93 bits per heavy atom. The van der Waals surface area contributed by atoms with Gasteiger partial charge >= 0.3 is 5.97 Å². The zero-order valence-corrected chi connectivity index (χ0v) is 16.3. The topological polar surface area (TPSA) is 168 Å². The number of unbranched alkanes of at least 4 members (excludes halogenated alkanes) is 1. The van der Waals surface area contributed by atoms with Gasteiger partial charge < -0.3 is 41.4 Å². The second kappa shape index (κ2) is 9.21. The van der Waals surface area contributed by atoms with E-state index in [4.69, 9.17) is 20.9 Å². The number of phenolic OH excluding ortho intramolecular Hbond substituents is 3. The minimum atomic E-state index is -1.03. The SMILES string of the molecule is NCCCCC(N)C(=O)Oc1cc(O)cc2c1C[C@H](O)[C@@H](c1ccc(O)c(O)c1)O2. The summed E-state index contributed by atoms with van der Waals surface area (Å²) < 4.78 is 11.2. The molecule has 30 heavy (non-hydrogen) atoms. The molecular formula is C21H26N2O7.